The van der Waals surface area contributed by atoms with Crippen molar-refractivity contribution in [2.45, 2.75) is 52.6 Å². The summed E-state index contributed by atoms with van der Waals surface area (Å²) in [4.78, 5) is 22.6. The second kappa shape index (κ2) is 7.99. The number of aromatic nitrogens is 5. The van der Waals surface area contributed by atoms with E-state index in [2.05, 4.69) is 28.6 Å². The standard InChI is InChI=1S/C25H27ClN6O/c1-5-30-21-10-8-19(26)17(3)22(21)29-24(30)25(4)11-6-14-31(25)23(33)18-15-16(2)7-9-20(18)32-27-12-13-28-32/h7-10,12-13,15H,5-6,11,14H2,1-4H3. The Morgan fingerprint density at radius 3 is 2.64 bits per heavy atom. The van der Waals surface area contributed by atoms with Gasteiger partial charge in [-0.05, 0) is 70.4 Å². The van der Waals surface area contributed by atoms with Gasteiger partial charge in [0.25, 0.3) is 5.91 Å². The van der Waals surface area contributed by atoms with Crippen LogP contribution in [0.4, 0.5) is 0 Å². The van der Waals surface area contributed by atoms with Crippen LogP contribution in [-0.4, -0.2) is 41.9 Å². The first-order valence-electron chi connectivity index (χ1n) is 11.3. The molecule has 1 atom stereocenters. The molecule has 1 unspecified atom stereocenters. The summed E-state index contributed by atoms with van der Waals surface area (Å²) in [5.41, 5.74) is 4.66. The smallest absolute Gasteiger partial charge is 0.256 e. The average molecular weight is 463 g/mol. The number of halogens is 1. The topological polar surface area (TPSA) is 68.8 Å². The molecular weight excluding hydrogens is 436 g/mol. The van der Waals surface area contributed by atoms with Crippen LogP contribution in [0.5, 0.6) is 0 Å². The predicted octanol–water partition coefficient (Wildman–Crippen LogP) is 5.06. The van der Waals surface area contributed by atoms with E-state index >= 15 is 0 Å². The first kappa shape index (κ1) is 21.6. The third-order valence-electron chi connectivity index (χ3n) is 6.81. The van der Waals surface area contributed by atoms with Crippen LogP contribution in [0.3, 0.4) is 0 Å². The second-order valence-corrected chi connectivity index (χ2v) is 9.30. The van der Waals surface area contributed by atoms with Crippen molar-refractivity contribution in [2.75, 3.05) is 6.54 Å². The number of nitrogens with zero attached hydrogens (tertiary/aromatic N) is 6. The molecule has 1 amide bonds. The number of carbonyl (C=O) groups is 1. The Labute approximate surface area is 198 Å². The van der Waals surface area contributed by atoms with E-state index in [-0.39, 0.29) is 5.91 Å². The molecule has 8 heteroatoms. The first-order valence-corrected chi connectivity index (χ1v) is 11.7. The number of rotatable bonds is 4. The van der Waals surface area contributed by atoms with E-state index in [1.165, 1.54) is 4.80 Å². The summed E-state index contributed by atoms with van der Waals surface area (Å²) >= 11 is 6.40. The molecule has 1 aliphatic rings. The summed E-state index contributed by atoms with van der Waals surface area (Å²) in [6, 6.07) is 9.75. The van der Waals surface area contributed by atoms with Crippen molar-refractivity contribution in [3.8, 4) is 5.69 Å². The normalized spacial score (nSPS) is 18.4. The maximum absolute atomic E-state index is 14.0. The van der Waals surface area contributed by atoms with Gasteiger partial charge >= 0.3 is 0 Å². The Hall–Kier alpha value is -3.19. The summed E-state index contributed by atoms with van der Waals surface area (Å²) in [6.07, 6.45) is 4.99. The van der Waals surface area contributed by atoms with E-state index in [0.717, 1.165) is 47.4 Å². The van der Waals surface area contributed by atoms with Gasteiger partial charge in [0.1, 0.15) is 5.82 Å². The highest BCUT2D eigenvalue weighted by molar-refractivity contribution is 6.32. The van der Waals surface area contributed by atoms with E-state index in [1.807, 2.05) is 49.1 Å². The average Bonchev–Trinajstić information content (AvgIpc) is 3.54. The van der Waals surface area contributed by atoms with Gasteiger partial charge in [0, 0.05) is 18.1 Å². The van der Waals surface area contributed by atoms with Crippen LogP contribution in [0, 0.1) is 13.8 Å². The Morgan fingerprint density at radius 1 is 1.15 bits per heavy atom. The molecule has 1 fully saturated rings. The van der Waals surface area contributed by atoms with E-state index < -0.39 is 5.54 Å². The lowest BCUT2D eigenvalue weighted by Gasteiger charge is -2.35. The van der Waals surface area contributed by atoms with Gasteiger partial charge in [-0.15, -0.1) is 0 Å². The minimum atomic E-state index is -0.538. The maximum atomic E-state index is 14.0. The molecule has 2 aromatic heterocycles. The molecule has 170 valence electrons. The van der Waals surface area contributed by atoms with Gasteiger partial charge < -0.3 is 9.47 Å². The molecule has 0 saturated carbocycles. The highest BCUT2D eigenvalue weighted by Gasteiger charge is 2.45. The number of hydrogen-bond donors (Lipinski definition) is 0. The Morgan fingerprint density at radius 2 is 1.91 bits per heavy atom. The molecule has 0 aliphatic carbocycles. The van der Waals surface area contributed by atoms with Gasteiger partial charge in [-0.1, -0.05) is 23.2 Å². The van der Waals surface area contributed by atoms with Gasteiger partial charge in [-0.3, -0.25) is 4.79 Å². The van der Waals surface area contributed by atoms with Gasteiger partial charge in [0.05, 0.1) is 40.2 Å². The summed E-state index contributed by atoms with van der Waals surface area (Å²) in [6.45, 7) is 9.66. The molecule has 33 heavy (non-hydrogen) atoms. The number of amides is 1. The summed E-state index contributed by atoms with van der Waals surface area (Å²) in [7, 11) is 0. The largest absolute Gasteiger partial charge is 0.326 e. The van der Waals surface area contributed by atoms with Crippen molar-refractivity contribution in [2.24, 2.45) is 0 Å². The molecule has 5 rings (SSSR count). The molecule has 0 spiro atoms. The zero-order chi connectivity index (χ0) is 23.3. The molecule has 3 heterocycles. The second-order valence-electron chi connectivity index (χ2n) is 8.89. The third-order valence-corrected chi connectivity index (χ3v) is 7.22. The van der Waals surface area contributed by atoms with Crippen LogP contribution in [0.1, 0.15) is 54.0 Å². The number of aryl methyl sites for hydroxylation is 3. The van der Waals surface area contributed by atoms with Crippen molar-refractivity contribution >= 4 is 28.5 Å². The third kappa shape index (κ3) is 3.33. The lowest BCUT2D eigenvalue weighted by Crippen LogP contribution is -2.45. The van der Waals surface area contributed by atoms with E-state index in [4.69, 9.17) is 16.6 Å². The van der Waals surface area contributed by atoms with Gasteiger partial charge in [0.2, 0.25) is 0 Å². The van der Waals surface area contributed by atoms with Crippen molar-refractivity contribution in [3.63, 3.8) is 0 Å². The monoisotopic (exact) mass is 462 g/mol. The minimum Gasteiger partial charge on any atom is -0.326 e. The molecule has 4 aromatic rings. The summed E-state index contributed by atoms with van der Waals surface area (Å²) < 4.78 is 2.22. The number of fused-ring (bicyclic) bond motifs is 1. The number of benzene rings is 2. The fraction of sp³-hybridized carbons (Fsp3) is 0.360. The zero-order valence-electron chi connectivity index (χ0n) is 19.3. The lowest BCUT2D eigenvalue weighted by molar-refractivity contribution is 0.0598. The highest BCUT2D eigenvalue weighted by atomic mass is 35.5. The first-order chi connectivity index (χ1) is 15.8. The van der Waals surface area contributed by atoms with Crippen LogP contribution < -0.4 is 0 Å². The van der Waals surface area contributed by atoms with Crippen LogP contribution in [-0.2, 0) is 12.1 Å². The van der Waals surface area contributed by atoms with Gasteiger partial charge in [-0.25, -0.2) is 4.98 Å². The van der Waals surface area contributed by atoms with Gasteiger partial charge in [-0.2, -0.15) is 15.0 Å². The van der Waals surface area contributed by atoms with Crippen LogP contribution in [0.2, 0.25) is 5.02 Å². The minimum absolute atomic E-state index is 0.0320. The van der Waals surface area contributed by atoms with E-state index in [1.54, 1.807) is 12.4 Å². The Kier molecular flexibility index (Phi) is 5.24. The Bertz CT molecular complexity index is 1360. The van der Waals surface area contributed by atoms with E-state index in [9.17, 15) is 4.79 Å². The van der Waals surface area contributed by atoms with Crippen molar-refractivity contribution in [1.29, 1.82) is 0 Å². The number of carbonyl (C=O) groups excluding carboxylic acids is 1. The SMILES string of the molecule is CCn1c(C2(C)CCCN2C(=O)c2cc(C)ccc2-n2nccn2)nc2c(C)c(Cl)ccc21. The fourth-order valence-corrected chi connectivity index (χ4v) is 5.19. The molecule has 2 aromatic carbocycles. The van der Waals surface area contributed by atoms with E-state index in [0.29, 0.717) is 22.8 Å². The lowest BCUT2D eigenvalue weighted by atomic mass is 9.96. The quantitative estimate of drug-likeness (QED) is 0.425. The molecule has 1 saturated heterocycles. The van der Waals surface area contributed by atoms with Crippen LogP contribution in [0.25, 0.3) is 16.7 Å². The summed E-state index contributed by atoms with van der Waals surface area (Å²) in [5, 5.41) is 9.22. The van der Waals surface area contributed by atoms with Crippen LogP contribution >= 0.6 is 11.6 Å². The fourth-order valence-electron chi connectivity index (χ4n) is 5.03. The molecule has 1 aliphatic heterocycles. The Balaban J connectivity index is 1.64. The molecule has 0 radical (unpaired) electrons. The molecular formula is C25H27ClN6O. The van der Waals surface area contributed by atoms with Crippen LogP contribution in [0.15, 0.2) is 42.7 Å². The van der Waals surface area contributed by atoms with Crippen molar-refractivity contribution < 1.29 is 4.79 Å². The zero-order valence-corrected chi connectivity index (χ0v) is 20.1. The van der Waals surface area contributed by atoms with Crippen molar-refractivity contribution in [1.82, 2.24) is 29.4 Å². The maximum Gasteiger partial charge on any atom is 0.256 e. The molecule has 7 nitrogen and oxygen atoms in total. The number of likely N-dealkylation sites (tertiary alicyclic amines) is 1. The highest BCUT2D eigenvalue weighted by Crippen LogP contribution is 2.41. The van der Waals surface area contributed by atoms with Crippen molar-refractivity contribution in [3.05, 3.63) is 70.3 Å². The predicted molar refractivity (Wildman–Crippen MR) is 129 cm³/mol. The molecule has 0 N–H and O–H groups in total. The molecule has 0 bridgehead atoms. The number of hydrogen-bond acceptors (Lipinski definition) is 4. The number of imidazole rings is 1. The van der Waals surface area contributed by atoms with Gasteiger partial charge in [0.15, 0.2) is 0 Å². The summed E-state index contributed by atoms with van der Waals surface area (Å²) in [5.74, 6) is 0.873.